The Labute approximate surface area is 140 Å². The van der Waals surface area contributed by atoms with E-state index in [2.05, 4.69) is 0 Å². The fourth-order valence-corrected chi connectivity index (χ4v) is 2.04. The van der Waals surface area contributed by atoms with Crippen LogP contribution in [0.15, 0.2) is 54.6 Å². The van der Waals surface area contributed by atoms with Crippen LogP contribution in [-0.2, 0) is 14.3 Å². The van der Waals surface area contributed by atoms with Crippen LogP contribution in [0.3, 0.4) is 0 Å². The van der Waals surface area contributed by atoms with Gasteiger partial charge >= 0.3 is 11.9 Å². The Kier molecular flexibility index (Phi) is 6.14. The van der Waals surface area contributed by atoms with Crippen molar-refractivity contribution in [2.24, 2.45) is 0 Å². The van der Waals surface area contributed by atoms with Crippen LogP contribution < -0.4 is 4.74 Å². The first-order valence-corrected chi connectivity index (χ1v) is 7.48. The summed E-state index contributed by atoms with van der Waals surface area (Å²) >= 11 is 0. The van der Waals surface area contributed by atoms with Crippen molar-refractivity contribution in [2.75, 3.05) is 13.2 Å². The van der Waals surface area contributed by atoms with Crippen LogP contribution in [0.25, 0.3) is 17.2 Å². The molecule has 2 aromatic rings. The molecular formula is C19H18O5. The highest BCUT2D eigenvalue weighted by Crippen LogP contribution is 2.23. The van der Waals surface area contributed by atoms with Gasteiger partial charge in [-0.25, -0.2) is 9.59 Å². The van der Waals surface area contributed by atoms with Gasteiger partial charge in [-0.3, -0.25) is 0 Å². The number of carboxylic acids is 1. The lowest BCUT2D eigenvalue weighted by atomic mass is 10.0. The lowest BCUT2D eigenvalue weighted by Gasteiger charge is -2.07. The van der Waals surface area contributed by atoms with Gasteiger partial charge in [0.05, 0.1) is 6.61 Å². The van der Waals surface area contributed by atoms with Crippen molar-refractivity contribution in [3.8, 4) is 16.9 Å². The molecule has 2 rings (SSSR count). The van der Waals surface area contributed by atoms with Crippen LogP contribution >= 0.6 is 0 Å². The molecule has 0 unspecified atom stereocenters. The van der Waals surface area contributed by atoms with Gasteiger partial charge in [0, 0.05) is 6.08 Å². The zero-order chi connectivity index (χ0) is 17.4. The van der Waals surface area contributed by atoms with Crippen molar-refractivity contribution in [1.82, 2.24) is 0 Å². The number of carbonyl (C=O) groups is 2. The quantitative estimate of drug-likeness (QED) is 0.623. The van der Waals surface area contributed by atoms with Gasteiger partial charge in [-0.15, -0.1) is 0 Å². The minimum Gasteiger partial charge on any atom is -0.482 e. The van der Waals surface area contributed by atoms with Crippen molar-refractivity contribution < 1.29 is 24.2 Å². The Bertz CT molecular complexity index is 714. The molecule has 0 bridgehead atoms. The fraction of sp³-hybridized carbons (Fsp3) is 0.158. The van der Waals surface area contributed by atoms with Gasteiger partial charge in [0.15, 0.2) is 6.61 Å². The van der Waals surface area contributed by atoms with E-state index in [9.17, 15) is 9.59 Å². The lowest BCUT2D eigenvalue weighted by molar-refractivity contribution is -0.145. The average Bonchev–Trinajstić information content (AvgIpc) is 2.59. The Hall–Kier alpha value is -3.08. The highest BCUT2D eigenvalue weighted by Gasteiger charge is 2.03. The number of hydrogen-bond acceptors (Lipinski definition) is 4. The third-order valence-corrected chi connectivity index (χ3v) is 3.18. The topological polar surface area (TPSA) is 72.8 Å². The largest absolute Gasteiger partial charge is 0.482 e. The summed E-state index contributed by atoms with van der Waals surface area (Å²) in [6, 6.07) is 14.9. The van der Waals surface area contributed by atoms with Crippen LogP contribution in [0.5, 0.6) is 5.75 Å². The Morgan fingerprint density at radius 3 is 2.12 bits per heavy atom. The first-order valence-electron chi connectivity index (χ1n) is 7.48. The van der Waals surface area contributed by atoms with Crippen LogP contribution in [-0.4, -0.2) is 30.3 Å². The van der Waals surface area contributed by atoms with E-state index in [-0.39, 0.29) is 6.61 Å². The van der Waals surface area contributed by atoms with Gasteiger partial charge in [-0.2, -0.15) is 0 Å². The minimum absolute atomic E-state index is 0.113. The number of hydrogen-bond donors (Lipinski definition) is 1. The van der Waals surface area contributed by atoms with Gasteiger partial charge in [-0.1, -0.05) is 36.4 Å². The SMILES string of the molecule is CCOC(=O)COc1ccc(-c2ccc(C=CC(=O)O)cc2)cc1. The summed E-state index contributed by atoms with van der Waals surface area (Å²) in [5.74, 6) is -0.781. The number of carbonyl (C=O) groups excluding carboxylic acids is 1. The smallest absolute Gasteiger partial charge is 0.344 e. The molecule has 24 heavy (non-hydrogen) atoms. The molecule has 0 heterocycles. The molecule has 0 saturated carbocycles. The van der Waals surface area contributed by atoms with E-state index in [1.165, 1.54) is 0 Å². The van der Waals surface area contributed by atoms with Crippen LogP contribution in [0.4, 0.5) is 0 Å². The summed E-state index contributed by atoms with van der Waals surface area (Å²) in [4.78, 5) is 21.7. The molecule has 0 aromatic heterocycles. The standard InChI is InChI=1S/C19H18O5/c1-2-23-19(22)13-24-17-10-8-16(9-11-17)15-6-3-14(4-7-15)5-12-18(20)21/h3-12H,2,13H2,1H3,(H,20,21). The van der Waals surface area contributed by atoms with Gasteiger partial charge in [0.1, 0.15) is 5.75 Å². The van der Waals surface area contributed by atoms with E-state index in [4.69, 9.17) is 14.6 Å². The first kappa shape index (κ1) is 17.3. The summed E-state index contributed by atoms with van der Waals surface area (Å²) in [5.41, 5.74) is 2.81. The molecule has 124 valence electrons. The van der Waals surface area contributed by atoms with Crippen LogP contribution in [0.1, 0.15) is 12.5 Å². The van der Waals surface area contributed by atoms with Crippen molar-refractivity contribution in [3.63, 3.8) is 0 Å². The highest BCUT2D eigenvalue weighted by molar-refractivity contribution is 5.85. The maximum absolute atomic E-state index is 11.2. The zero-order valence-electron chi connectivity index (χ0n) is 13.3. The van der Waals surface area contributed by atoms with Crippen molar-refractivity contribution in [2.45, 2.75) is 6.92 Å². The van der Waals surface area contributed by atoms with E-state index in [0.29, 0.717) is 12.4 Å². The van der Waals surface area contributed by atoms with Crippen molar-refractivity contribution in [3.05, 3.63) is 60.2 Å². The summed E-state index contributed by atoms with van der Waals surface area (Å²) < 4.78 is 10.1. The number of esters is 1. The molecular weight excluding hydrogens is 308 g/mol. The summed E-state index contributed by atoms with van der Waals surface area (Å²) in [5, 5.41) is 8.61. The lowest BCUT2D eigenvalue weighted by Crippen LogP contribution is -2.14. The normalized spacial score (nSPS) is 10.5. The second kappa shape index (κ2) is 8.53. The van der Waals surface area contributed by atoms with Crippen molar-refractivity contribution >= 4 is 18.0 Å². The van der Waals surface area contributed by atoms with Gasteiger partial charge < -0.3 is 14.6 Å². The molecule has 0 spiro atoms. The molecule has 0 saturated heterocycles. The number of aliphatic carboxylic acids is 1. The van der Waals surface area contributed by atoms with Gasteiger partial charge in [0.25, 0.3) is 0 Å². The third-order valence-electron chi connectivity index (χ3n) is 3.18. The van der Waals surface area contributed by atoms with E-state index >= 15 is 0 Å². The average molecular weight is 326 g/mol. The molecule has 0 radical (unpaired) electrons. The second-order valence-electron chi connectivity index (χ2n) is 4.91. The summed E-state index contributed by atoms with van der Waals surface area (Å²) in [6.07, 6.45) is 2.64. The van der Waals surface area contributed by atoms with Crippen molar-refractivity contribution in [1.29, 1.82) is 0 Å². The molecule has 0 atom stereocenters. The molecule has 0 aliphatic carbocycles. The third kappa shape index (κ3) is 5.28. The van der Waals surface area contributed by atoms with E-state index in [1.807, 2.05) is 36.4 Å². The van der Waals surface area contributed by atoms with Gasteiger partial charge in [0.2, 0.25) is 0 Å². The van der Waals surface area contributed by atoms with Gasteiger partial charge in [-0.05, 0) is 41.8 Å². The molecule has 0 fully saturated rings. The molecule has 1 N–H and O–H groups in total. The Balaban J connectivity index is 2.00. The number of ether oxygens (including phenoxy) is 2. The predicted molar refractivity (Wildman–Crippen MR) is 90.7 cm³/mol. The summed E-state index contributed by atoms with van der Waals surface area (Å²) in [6.45, 7) is 1.96. The first-order chi connectivity index (χ1) is 11.6. The molecule has 5 heteroatoms. The molecule has 2 aromatic carbocycles. The number of rotatable bonds is 7. The minimum atomic E-state index is -0.975. The molecule has 5 nitrogen and oxygen atoms in total. The predicted octanol–water partition coefficient (Wildman–Crippen LogP) is 3.39. The summed E-state index contributed by atoms with van der Waals surface area (Å²) in [7, 11) is 0. The van der Waals surface area contributed by atoms with E-state index < -0.39 is 11.9 Å². The molecule has 0 amide bonds. The maximum atomic E-state index is 11.2. The zero-order valence-corrected chi connectivity index (χ0v) is 13.3. The number of carboxylic acid groups (broad SMARTS) is 1. The van der Waals surface area contributed by atoms with Crippen LogP contribution in [0, 0.1) is 0 Å². The fourth-order valence-electron chi connectivity index (χ4n) is 2.04. The highest BCUT2D eigenvalue weighted by atomic mass is 16.6. The Morgan fingerprint density at radius 1 is 1.00 bits per heavy atom. The molecule has 0 aliphatic rings. The Morgan fingerprint density at radius 2 is 1.58 bits per heavy atom. The molecule has 0 aliphatic heterocycles. The monoisotopic (exact) mass is 326 g/mol. The maximum Gasteiger partial charge on any atom is 0.344 e. The van der Waals surface area contributed by atoms with E-state index in [1.54, 1.807) is 25.1 Å². The van der Waals surface area contributed by atoms with Crippen LogP contribution in [0.2, 0.25) is 0 Å². The number of benzene rings is 2. The second-order valence-corrected chi connectivity index (χ2v) is 4.91. The van der Waals surface area contributed by atoms with E-state index in [0.717, 1.165) is 22.8 Å².